The van der Waals surface area contributed by atoms with E-state index in [1.54, 1.807) is 26.0 Å². The van der Waals surface area contributed by atoms with Gasteiger partial charge < -0.3 is 9.52 Å². The van der Waals surface area contributed by atoms with Crippen LogP contribution < -0.4 is 0 Å². The zero-order valence-electron chi connectivity index (χ0n) is 9.80. The highest BCUT2D eigenvalue weighted by molar-refractivity contribution is 8.04. The molecule has 0 spiro atoms. The number of carboxylic acid groups (broad SMARTS) is 1. The first-order valence-corrected chi connectivity index (χ1v) is 5.94. The minimum atomic E-state index is -1.04. The van der Waals surface area contributed by atoms with Gasteiger partial charge in [-0.2, -0.15) is 0 Å². The molecule has 0 saturated heterocycles. The fraction of sp³-hybridized carbons (Fsp3) is 0.182. The van der Waals surface area contributed by atoms with Crippen LogP contribution in [-0.4, -0.2) is 26.3 Å². The van der Waals surface area contributed by atoms with Crippen molar-refractivity contribution < 1.29 is 14.3 Å². The van der Waals surface area contributed by atoms with Crippen molar-refractivity contribution in [1.29, 1.82) is 0 Å². The largest absolute Gasteiger partial charge is 0.477 e. The van der Waals surface area contributed by atoms with Gasteiger partial charge in [0.15, 0.2) is 0 Å². The SMILES string of the molecule is Cc1nc(S/C(=C\c2ccc(C)o2)C(=O)O)n[nH]1. The molecule has 0 aliphatic rings. The smallest absolute Gasteiger partial charge is 0.342 e. The topological polar surface area (TPSA) is 92.0 Å². The fourth-order valence-electron chi connectivity index (χ4n) is 1.26. The van der Waals surface area contributed by atoms with Crippen LogP contribution in [-0.2, 0) is 4.79 Å². The maximum atomic E-state index is 11.1. The Labute approximate surface area is 107 Å². The minimum absolute atomic E-state index is 0.100. The molecule has 6 nitrogen and oxygen atoms in total. The van der Waals surface area contributed by atoms with Gasteiger partial charge in [-0.25, -0.2) is 9.78 Å². The summed E-state index contributed by atoms with van der Waals surface area (Å²) in [7, 11) is 0. The fourth-order valence-corrected chi connectivity index (χ4v) is 1.99. The van der Waals surface area contributed by atoms with E-state index in [4.69, 9.17) is 9.52 Å². The molecular weight excluding hydrogens is 254 g/mol. The van der Waals surface area contributed by atoms with Gasteiger partial charge in [0.1, 0.15) is 22.3 Å². The Balaban J connectivity index is 2.23. The summed E-state index contributed by atoms with van der Waals surface area (Å²) in [5, 5.41) is 16.0. The van der Waals surface area contributed by atoms with Gasteiger partial charge in [-0.05, 0) is 37.7 Å². The zero-order chi connectivity index (χ0) is 13.1. The van der Waals surface area contributed by atoms with Crippen molar-refractivity contribution in [3.8, 4) is 0 Å². The van der Waals surface area contributed by atoms with E-state index in [9.17, 15) is 4.79 Å². The predicted octanol–water partition coefficient (Wildman–Crippen LogP) is 2.23. The number of aromatic nitrogens is 3. The summed E-state index contributed by atoms with van der Waals surface area (Å²) in [6, 6.07) is 3.48. The third-order valence-electron chi connectivity index (χ3n) is 2.02. The summed E-state index contributed by atoms with van der Waals surface area (Å²) in [6.45, 7) is 3.54. The number of aromatic amines is 1. The lowest BCUT2D eigenvalue weighted by atomic mass is 10.4. The number of hydrogen-bond donors (Lipinski definition) is 2. The molecular formula is C11H11N3O3S. The summed E-state index contributed by atoms with van der Waals surface area (Å²) in [5.74, 6) is 0.807. The Morgan fingerprint density at radius 1 is 1.50 bits per heavy atom. The molecule has 0 atom stereocenters. The van der Waals surface area contributed by atoms with Crippen LogP contribution in [0.2, 0.25) is 0 Å². The Morgan fingerprint density at radius 3 is 2.78 bits per heavy atom. The molecule has 2 rings (SSSR count). The van der Waals surface area contributed by atoms with Crippen molar-refractivity contribution in [2.24, 2.45) is 0 Å². The van der Waals surface area contributed by atoms with Gasteiger partial charge in [0.05, 0.1) is 0 Å². The van der Waals surface area contributed by atoms with Crippen molar-refractivity contribution >= 4 is 23.8 Å². The Morgan fingerprint density at radius 2 is 2.28 bits per heavy atom. The van der Waals surface area contributed by atoms with E-state index in [0.717, 1.165) is 17.5 Å². The highest BCUT2D eigenvalue weighted by Gasteiger charge is 2.13. The second-order valence-electron chi connectivity index (χ2n) is 3.57. The highest BCUT2D eigenvalue weighted by Crippen LogP contribution is 2.26. The third kappa shape index (κ3) is 3.01. The monoisotopic (exact) mass is 265 g/mol. The molecule has 0 amide bonds. The number of aliphatic carboxylic acids is 1. The van der Waals surface area contributed by atoms with Gasteiger partial charge >= 0.3 is 5.97 Å². The molecule has 2 aromatic heterocycles. The van der Waals surface area contributed by atoms with E-state index in [1.807, 2.05) is 0 Å². The molecule has 18 heavy (non-hydrogen) atoms. The van der Waals surface area contributed by atoms with E-state index in [2.05, 4.69) is 15.2 Å². The number of thioether (sulfide) groups is 1. The Bertz CT molecular complexity index is 600. The number of rotatable bonds is 4. The van der Waals surface area contributed by atoms with Crippen LogP contribution in [0, 0.1) is 13.8 Å². The number of aryl methyl sites for hydroxylation is 2. The first kappa shape index (κ1) is 12.4. The number of hydrogen-bond acceptors (Lipinski definition) is 5. The molecule has 0 unspecified atom stereocenters. The summed E-state index contributed by atoms with van der Waals surface area (Å²) in [5.41, 5.74) is 0. The van der Waals surface area contributed by atoms with Crippen LogP contribution in [0.1, 0.15) is 17.3 Å². The molecule has 2 heterocycles. The van der Waals surface area contributed by atoms with Crippen molar-refractivity contribution in [2.75, 3.05) is 0 Å². The molecule has 0 aliphatic heterocycles. The second-order valence-corrected chi connectivity index (χ2v) is 4.58. The molecule has 0 bridgehead atoms. The van der Waals surface area contributed by atoms with Crippen molar-refractivity contribution in [2.45, 2.75) is 19.0 Å². The van der Waals surface area contributed by atoms with E-state index in [-0.39, 0.29) is 4.91 Å². The zero-order valence-corrected chi connectivity index (χ0v) is 10.6. The average Bonchev–Trinajstić information content (AvgIpc) is 2.87. The van der Waals surface area contributed by atoms with Crippen LogP contribution in [0.3, 0.4) is 0 Å². The van der Waals surface area contributed by atoms with E-state index >= 15 is 0 Å². The molecule has 0 radical (unpaired) electrons. The van der Waals surface area contributed by atoms with Gasteiger partial charge in [-0.15, -0.1) is 5.10 Å². The molecule has 2 N–H and O–H groups in total. The van der Waals surface area contributed by atoms with E-state index in [0.29, 0.717) is 16.7 Å². The maximum Gasteiger partial charge on any atom is 0.342 e. The average molecular weight is 265 g/mol. The third-order valence-corrected chi connectivity index (χ3v) is 2.90. The van der Waals surface area contributed by atoms with Crippen molar-refractivity contribution in [3.63, 3.8) is 0 Å². The van der Waals surface area contributed by atoms with E-state index < -0.39 is 5.97 Å². The quantitative estimate of drug-likeness (QED) is 0.650. The summed E-state index contributed by atoms with van der Waals surface area (Å²) >= 11 is 0.970. The lowest BCUT2D eigenvalue weighted by molar-refractivity contribution is -0.131. The van der Waals surface area contributed by atoms with Crippen LogP contribution >= 0.6 is 11.8 Å². The van der Waals surface area contributed by atoms with Gasteiger partial charge in [0.25, 0.3) is 0 Å². The number of nitrogens with one attached hydrogen (secondary N) is 1. The minimum Gasteiger partial charge on any atom is -0.477 e. The van der Waals surface area contributed by atoms with E-state index in [1.165, 1.54) is 6.08 Å². The van der Waals surface area contributed by atoms with Gasteiger partial charge in [0.2, 0.25) is 5.16 Å². The number of nitrogens with zero attached hydrogens (tertiary/aromatic N) is 2. The summed E-state index contributed by atoms with van der Waals surface area (Å²) in [4.78, 5) is 15.3. The molecule has 2 aromatic rings. The molecule has 0 fully saturated rings. The summed E-state index contributed by atoms with van der Waals surface area (Å²) in [6.07, 6.45) is 1.45. The molecule has 0 saturated carbocycles. The van der Waals surface area contributed by atoms with Gasteiger partial charge in [-0.1, -0.05) is 0 Å². The lowest BCUT2D eigenvalue weighted by Crippen LogP contribution is -1.97. The molecule has 0 aliphatic carbocycles. The lowest BCUT2D eigenvalue weighted by Gasteiger charge is -1.96. The summed E-state index contributed by atoms with van der Waals surface area (Å²) < 4.78 is 5.31. The van der Waals surface area contributed by atoms with Crippen LogP contribution in [0.15, 0.2) is 26.6 Å². The van der Waals surface area contributed by atoms with Crippen LogP contribution in [0.4, 0.5) is 0 Å². The highest BCUT2D eigenvalue weighted by atomic mass is 32.2. The standard InChI is InChI=1S/C11H11N3O3S/c1-6-3-4-8(17-6)5-9(10(15)16)18-11-12-7(2)13-14-11/h3-5H,1-2H3,(H,15,16)(H,12,13,14)/b9-5-. The van der Waals surface area contributed by atoms with Gasteiger partial charge in [-0.3, -0.25) is 5.10 Å². The molecule has 7 heteroatoms. The van der Waals surface area contributed by atoms with Crippen LogP contribution in [0.25, 0.3) is 6.08 Å². The molecule has 94 valence electrons. The first-order valence-electron chi connectivity index (χ1n) is 5.13. The maximum absolute atomic E-state index is 11.1. The first-order chi connectivity index (χ1) is 8.54. The normalized spacial score (nSPS) is 11.8. The Kier molecular flexibility index (Phi) is 3.52. The molecule has 0 aromatic carbocycles. The van der Waals surface area contributed by atoms with Crippen molar-refractivity contribution in [3.05, 3.63) is 34.4 Å². The number of carboxylic acids is 1. The van der Waals surface area contributed by atoms with Crippen molar-refractivity contribution in [1.82, 2.24) is 15.2 Å². The second kappa shape index (κ2) is 5.09. The number of carbonyl (C=O) groups is 1. The number of furan rings is 1. The number of H-pyrrole nitrogens is 1. The van der Waals surface area contributed by atoms with Gasteiger partial charge in [0, 0.05) is 6.08 Å². The Hall–Kier alpha value is -2.02. The predicted molar refractivity (Wildman–Crippen MR) is 66.0 cm³/mol. The van der Waals surface area contributed by atoms with Crippen LogP contribution in [0.5, 0.6) is 0 Å².